The number of fused-ring (bicyclic) bond motifs is 1. The van der Waals surface area contributed by atoms with E-state index in [2.05, 4.69) is 10.3 Å². The molecule has 2 aromatic rings. The van der Waals surface area contributed by atoms with Crippen molar-refractivity contribution in [3.05, 3.63) is 82.6 Å². The minimum absolute atomic E-state index is 0.0281. The highest BCUT2D eigenvalue weighted by Crippen LogP contribution is 2.34. The molecule has 2 aliphatic rings. The first-order valence-electron chi connectivity index (χ1n) is 12.6. The molecule has 0 bridgehead atoms. The third kappa shape index (κ3) is 6.22. The fourth-order valence-electron chi connectivity index (χ4n) is 4.72. The quantitative estimate of drug-likeness (QED) is 0.396. The number of nitrogens with zero attached hydrogens (tertiary/aromatic N) is 1. The minimum atomic E-state index is -2.74. The van der Waals surface area contributed by atoms with E-state index in [9.17, 15) is 23.1 Å². The first-order chi connectivity index (χ1) is 19.3. The van der Waals surface area contributed by atoms with Gasteiger partial charge in [0.05, 0.1) is 25.5 Å². The van der Waals surface area contributed by atoms with Gasteiger partial charge in [0.15, 0.2) is 5.71 Å². The fraction of sp³-hybridized carbons (Fsp3) is 0.310. The topological polar surface area (TPSA) is 141 Å². The van der Waals surface area contributed by atoms with Crippen molar-refractivity contribution in [3.8, 4) is 0 Å². The lowest BCUT2D eigenvalue weighted by Crippen LogP contribution is -2.46. The van der Waals surface area contributed by atoms with Gasteiger partial charge in [-0.05, 0) is 35.8 Å². The molecule has 4 rings (SSSR count). The average molecular weight is 567 g/mol. The van der Waals surface area contributed by atoms with Gasteiger partial charge in [0, 0.05) is 37.7 Å². The molecule has 2 aromatic carbocycles. The van der Waals surface area contributed by atoms with Crippen LogP contribution in [0.25, 0.3) is 5.57 Å². The minimum Gasteiger partial charge on any atom is -0.496 e. The smallest absolute Gasteiger partial charge is 0.326 e. The number of aliphatic imine (C=N–C) groups is 1. The summed E-state index contributed by atoms with van der Waals surface area (Å²) in [5.41, 5.74) is 3.72. The predicted octanol–water partition coefficient (Wildman–Crippen LogP) is 2.72. The molecule has 210 valence electrons. The molecule has 11 heteroatoms. The van der Waals surface area contributed by atoms with Crippen LogP contribution < -0.4 is 5.32 Å². The second kappa shape index (κ2) is 12.9. The maximum Gasteiger partial charge on any atom is 0.326 e. The molecular formula is C29H30N2O8S. The molecule has 0 spiro atoms. The van der Waals surface area contributed by atoms with Crippen molar-refractivity contribution in [2.45, 2.75) is 31.9 Å². The maximum atomic E-state index is 13.0. The van der Waals surface area contributed by atoms with E-state index in [1.807, 2.05) is 25.1 Å². The summed E-state index contributed by atoms with van der Waals surface area (Å²) >= 11 is 0. The Hall–Kier alpha value is -4.06. The summed E-state index contributed by atoms with van der Waals surface area (Å²) < 4.78 is 40.7. The highest BCUT2D eigenvalue weighted by atomic mass is 32.2. The molecule has 1 amide bonds. The first-order valence-corrected chi connectivity index (χ1v) is 13.7. The van der Waals surface area contributed by atoms with Gasteiger partial charge in [0.25, 0.3) is 5.91 Å². The number of ether oxygens (including phenoxy) is 3. The molecule has 1 unspecified atom stereocenters. The number of aliphatic carboxylic acids is 1. The Balaban J connectivity index is 1.53. The molecule has 1 aliphatic carbocycles. The number of carboxylic acid groups (broad SMARTS) is 1. The first kappa shape index (κ1) is 28.9. The monoisotopic (exact) mass is 566 g/mol. The van der Waals surface area contributed by atoms with Gasteiger partial charge in [-0.1, -0.05) is 42.5 Å². The van der Waals surface area contributed by atoms with Crippen molar-refractivity contribution in [2.24, 2.45) is 4.99 Å². The maximum absolute atomic E-state index is 13.0. The zero-order valence-electron chi connectivity index (χ0n) is 22.3. The number of nitrogens with one attached hydrogen (secondary N) is 1. The van der Waals surface area contributed by atoms with Crippen molar-refractivity contribution >= 4 is 44.0 Å². The van der Waals surface area contributed by atoms with Gasteiger partial charge in [0.1, 0.15) is 16.7 Å². The van der Waals surface area contributed by atoms with Crippen LogP contribution in [0.5, 0.6) is 0 Å². The van der Waals surface area contributed by atoms with Crippen LogP contribution in [0.3, 0.4) is 0 Å². The summed E-state index contributed by atoms with van der Waals surface area (Å²) in [4.78, 5) is 28.9. The summed E-state index contributed by atoms with van der Waals surface area (Å²) in [5, 5.41) is 12.2. The SMILES string of the molecule is CCOCC1=CC(OC)=C(c2ccc(C[C@H](NC(=O)C3=Nc4ccccc4C3=S(=O)=O)C(=O)O)cc2)C(OC)C1. The molecular weight excluding hydrogens is 536 g/mol. The van der Waals surface area contributed by atoms with E-state index in [0.717, 1.165) is 16.7 Å². The van der Waals surface area contributed by atoms with Gasteiger partial charge in [-0.15, -0.1) is 0 Å². The number of carboxylic acids is 1. The highest BCUT2D eigenvalue weighted by Gasteiger charge is 2.32. The van der Waals surface area contributed by atoms with Crippen molar-refractivity contribution < 1.29 is 37.3 Å². The Morgan fingerprint density at radius 1 is 1.12 bits per heavy atom. The standard InChI is InChI=1S/C29H30N2O8S/c1-4-39-16-18-14-23(37-2)25(24(15-18)38-3)19-11-9-17(10-12-19)13-22(29(33)34)31-28(32)26-27(40(35)36)20-7-5-6-8-21(20)30-26/h5-12,14,22,24H,4,13,15-16H2,1-3H3,(H,31,32)(H,33,34)/t22-,24?/m0/s1. The van der Waals surface area contributed by atoms with E-state index in [1.54, 1.807) is 50.6 Å². The summed E-state index contributed by atoms with van der Waals surface area (Å²) in [6.45, 7) is 3.02. The molecule has 10 nitrogen and oxygen atoms in total. The number of allylic oxidation sites excluding steroid dienone is 1. The van der Waals surface area contributed by atoms with Crippen LogP contribution in [0, 0.1) is 0 Å². The van der Waals surface area contributed by atoms with Gasteiger partial charge in [-0.2, -0.15) is 8.42 Å². The third-order valence-electron chi connectivity index (χ3n) is 6.65. The van der Waals surface area contributed by atoms with Crippen LogP contribution in [0.2, 0.25) is 0 Å². The number of carbonyl (C=O) groups excluding carboxylic acids is 1. The lowest BCUT2D eigenvalue weighted by atomic mass is 9.88. The third-order valence-corrected chi connectivity index (χ3v) is 7.40. The van der Waals surface area contributed by atoms with Gasteiger partial charge in [-0.3, -0.25) is 4.79 Å². The van der Waals surface area contributed by atoms with Crippen LogP contribution in [-0.4, -0.2) is 75.6 Å². The van der Waals surface area contributed by atoms with Crippen LogP contribution in [0.1, 0.15) is 30.0 Å². The van der Waals surface area contributed by atoms with E-state index < -0.39 is 28.2 Å². The Labute approximate surface area is 233 Å². The number of para-hydroxylation sites is 1. The van der Waals surface area contributed by atoms with Crippen LogP contribution in [-0.2, 0) is 40.5 Å². The second-order valence-corrected chi connectivity index (χ2v) is 10.0. The largest absolute Gasteiger partial charge is 0.496 e. The molecule has 0 saturated heterocycles. The number of carbonyl (C=O) groups is 2. The highest BCUT2D eigenvalue weighted by molar-refractivity contribution is 7.76. The average Bonchev–Trinajstić information content (AvgIpc) is 3.36. The molecule has 0 saturated carbocycles. The molecule has 0 aromatic heterocycles. The number of rotatable bonds is 11. The Morgan fingerprint density at radius 3 is 2.48 bits per heavy atom. The van der Waals surface area contributed by atoms with Gasteiger partial charge >= 0.3 is 5.97 Å². The van der Waals surface area contributed by atoms with Gasteiger partial charge in [0.2, 0.25) is 10.3 Å². The molecule has 2 N–H and O–H groups in total. The van der Waals surface area contributed by atoms with Crippen LogP contribution in [0.15, 0.2) is 70.9 Å². The van der Waals surface area contributed by atoms with Crippen molar-refractivity contribution in [1.82, 2.24) is 5.32 Å². The summed E-state index contributed by atoms with van der Waals surface area (Å²) in [6.07, 6.45) is 2.32. The fourth-order valence-corrected chi connectivity index (χ4v) is 5.37. The number of amides is 1. The Morgan fingerprint density at radius 2 is 1.85 bits per heavy atom. The molecule has 0 fully saturated rings. The van der Waals surface area contributed by atoms with Gasteiger partial charge < -0.3 is 24.6 Å². The Bertz CT molecular complexity index is 1530. The lowest BCUT2D eigenvalue weighted by molar-refractivity contribution is -0.140. The van der Waals surface area contributed by atoms with Gasteiger partial charge in [-0.25, -0.2) is 9.79 Å². The van der Waals surface area contributed by atoms with Crippen molar-refractivity contribution in [2.75, 3.05) is 27.4 Å². The number of hydrogen-bond acceptors (Lipinski definition) is 8. The van der Waals surface area contributed by atoms with Crippen LogP contribution in [0.4, 0.5) is 5.69 Å². The summed E-state index contributed by atoms with van der Waals surface area (Å²) in [7, 11) is 0.484. The molecule has 1 heterocycles. The molecule has 1 aliphatic heterocycles. The Kier molecular flexibility index (Phi) is 9.30. The van der Waals surface area contributed by atoms with Crippen LogP contribution >= 0.6 is 0 Å². The summed E-state index contributed by atoms with van der Waals surface area (Å²) in [6, 6.07) is 12.4. The number of hydrogen-bond donors (Lipinski definition) is 2. The summed E-state index contributed by atoms with van der Waals surface area (Å²) in [5.74, 6) is -1.48. The zero-order chi connectivity index (χ0) is 28.8. The van der Waals surface area contributed by atoms with E-state index >= 15 is 0 Å². The lowest BCUT2D eigenvalue weighted by Gasteiger charge is -2.27. The van der Waals surface area contributed by atoms with Crippen molar-refractivity contribution in [3.63, 3.8) is 0 Å². The zero-order valence-corrected chi connectivity index (χ0v) is 23.2. The normalized spacial score (nSPS) is 17.1. The second-order valence-electron chi connectivity index (χ2n) is 9.16. The van der Waals surface area contributed by atoms with E-state index in [-0.39, 0.29) is 23.1 Å². The molecule has 2 atom stereocenters. The molecule has 40 heavy (non-hydrogen) atoms. The molecule has 0 radical (unpaired) electrons. The van der Waals surface area contributed by atoms with E-state index in [4.69, 9.17) is 14.2 Å². The predicted molar refractivity (Wildman–Crippen MR) is 150 cm³/mol. The van der Waals surface area contributed by atoms with E-state index in [1.165, 1.54) is 0 Å². The number of benzene rings is 2. The number of methoxy groups -OCH3 is 2. The van der Waals surface area contributed by atoms with E-state index in [0.29, 0.717) is 42.2 Å². The van der Waals surface area contributed by atoms with Crippen molar-refractivity contribution in [1.29, 1.82) is 0 Å².